The number of nitrogens with zero attached hydrogens (tertiary/aromatic N) is 1. The van der Waals surface area contributed by atoms with E-state index in [4.69, 9.17) is 0 Å². The summed E-state index contributed by atoms with van der Waals surface area (Å²) in [6.07, 6.45) is 8.35. The third kappa shape index (κ3) is 4.80. The van der Waals surface area contributed by atoms with Crippen LogP contribution in [0.4, 0.5) is 0 Å². The highest BCUT2D eigenvalue weighted by Gasteiger charge is 2.43. The van der Waals surface area contributed by atoms with E-state index in [1.54, 1.807) is 0 Å². The summed E-state index contributed by atoms with van der Waals surface area (Å²) in [7, 11) is 0. The Balaban J connectivity index is 2.36. The van der Waals surface area contributed by atoms with Gasteiger partial charge in [0.05, 0.1) is 0 Å². The molecule has 0 spiro atoms. The molecule has 0 aromatic carbocycles. The SMILES string of the molecule is CCC(=O)N(C1CC(C)CCC1C(C)C)C1CC(C)CCC1C(C)C. The van der Waals surface area contributed by atoms with Gasteiger partial charge in [0.2, 0.25) is 5.91 Å². The Bertz CT molecular complexity index is 398. The van der Waals surface area contributed by atoms with Crippen LogP contribution in [0.2, 0.25) is 0 Å². The second-order valence-electron chi connectivity index (χ2n) is 9.94. The van der Waals surface area contributed by atoms with E-state index >= 15 is 0 Å². The van der Waals surface area contributed by atoms with Crippen molar-refractivity contribution >= 4 is 5.91 Å². The van der Waals surface area contributed by atoms with Gasteiger partial charge in [0.15, 0.2) is 0 Å². The first-order valence-corrected chi connectivity index (χ1v) is 11.1. The molecule has 6 unspecified atom stereocenters. The second-order valence-corrected chi connectivity index (χ2v) is 9.94. The van der Waals surface area contributed by atoms with Crippen LogP contribution in [0.3, 0.4) is 0 Å². The molecule has 2 rings (SSSR count). The minimum absolute atomic E-state index is 0.412. The quantitative estimate of drug-likeness (QED) is 0.583. The summed E-state index contributed by atoms with van der Waals surface area (Å²) in [4.78, 5) is 15.6. The third-order valence-electron chi connectivity index (χ3n) is 7.28. The molecule has 0 bridgehead atoms. The standard InChI is InChI=1S/C23H43NO/c1-8-23(25)24(21-13-17(6)9-11-19(21)15(2)3)22-14-18(7)10-12-20(22)16(4)5/h15-22H,8-14H2,1-7H3. The van der Waals surface area contributed by atoms with E-state index in [-0.39, 0.29) is 0 Å². The lowest BCUT2D eigenvalue weighted by molar-refractivity contribution is -0.144. The van der Waals surface area contributed by atoms with Gasteiger partial charge in [-0.15, -0.1) is 0 Å². The minimum atomic E-state index is 0.412. The minimum Gasteiger partial charge on any atom is -0.336 e. The summed E-state index contributed by atoms with van der Waals surface area (Å²) in [5.74, 6) is 4.62. The molecule has 0 aromatic heterocycles. The summed E-state index contributed by atoms with van der Waals surface area (Å²) < 4.78 is 0. The lowest BCUT2D eigenvalue weighted by Gasteiger charge is -2.51. The molecule has 2 heteroatoms. The molecule has 2 aliphatic carbocycles. The first kappa shape index (κ1) is 20.8. The predicted molar refractivity (Wildman–Crippen MR) is 107 cm³/mol. The highest BCUT2D eigenvalue weighted by atomic mass is 16.2. The predicted octanol–water partition coefficient (Wildman–Crippen LogP) is 6.15. The van der Waals surface area contributed by atoms with Crippen molar-refractivity contribution in [2.75, 3.05) is 0 Å². The average Bonchev–Trinajstić information content (AvgIpc) is 2.54. The Hall–Kier alpha value is -0.530. The fourth-order valence-corrected chi connectivity index (χ4v) is 5.74. The highest BCUT2D eigenvalue weighted by molar-refractivity contribution is 5.76. The molecule has 2 aliphatic rings. The molecule has 6 atom stereocenters. The van der Waals surface area contributed by atoms with Crippen LogP contribution in [0, 0.1) is 35.5 Å². The molecular weight excluding hydrogens is 306 g/mol. The number of hydrogen-bond donors (Lipinski definition) is 0. The van der Waals surface area contributed by atoms with Crippen molar-refractivity contribution in [2.24, 2.45) is 35.5 Å². The molecule has 0 N–H and O–H groups in total. The number of hydrogen-bond acceptors (Lipinski definition) is 1. The van der Waals surface area contributed by atoms with Gasteiger partial charge in [-0.3, -0.25) is 4.79 Å². The van der Waals surface area contributed by atoms with Gasteiger partial charge in [-0.05, 0) is 61.2 Å². The van der Waals surface area contributed by atoms with E-state index in [0.717, 1.165) is 11.8 Å². The number of amides is 1. The zero-order valence-electron chi connectivity index (χ0n) is 17.9. The Morgan fingerprint density at radius 1 is 0.840 bits per heavy atom. The maximum absolute atomic E-state index is 13.2. The molecule has 2 fully saturated rings. The van der Waals surface area contributed by atoms with Crippen molar-refractivity contribution in [1.82, 2.24) is 4.90 Å². The fraction of sp³-hybridized carbons (Fsp3) is 0.957. The van der Waals surface area contributed by atoms with Crippen LogP contribution >= 0.6 is 0 Å². The van der Waals surface area contributed by atoms with Crippen LogP contribution in [0.5, 0.6) is 0 Å². The Morgan fingerprint density at radius 2 is 1.24 bits per heavy atom. The van der Waals surface area contributed by atoms with Crippen molar-refractivity contribution in [3.8, 4) is 0 Å². The Morgan fingerprint density at radius 3 is 1.56 bits per heavy atom. The van der Waals surface area contributed by atoms with Gasteiger partial charge in [0, 0.05) is 18.5 Å². The molecule has 0 heterocycles. The fourth-order valence-electron chi connectivity index (χ4n) is 5.74. The highest BCUT2D eigenvalue weighted by Crippen LogP contribution is 2.43. The smallest absolute Gasteiger partial charge is 0.222 e. The van der Waals surface area contributed by atoms with Gasteiger partial charge >= 0.3 is 0 Å². The van der Waals surface area contributed by atoms with Gasteiger partial charge in [-0.1, -0.05) is 61.3 Å². The Labute approximate surface area is 157 Å². The molecule has 146 valence electrons. The van der Waals surface area contributed by atoms with E-state index in [2.05, 4.69) is 53.4 Å². The first-order valence-electron chi connectivity index (χ1n) is 11.1. The lowest BCUT2D eigenvalue weighted by Crippen LogP contribution is -2.57. The van der Waals surface area contributed by atoms with Crippen molar-refractivity contribution in [3.63, 3.8) is 0 Å². The van der Waals surface area contributed by atoms with Crippen LogP contribution in [-0.4, -0.2) is 22.9 Å². The average molecular weight is 350 g/mol. The van der Waals surface area contributed by atoms with Gasteiger partial charge in [-0.25, -0.2) is 0 Å². The zero-order valence-corrected chi connectivity index (χ0v) is 17.9. The van der Waals surface area contributed by atoms with Crippen molar-refractivity contribution in [3.05, 3.63) is 0 Å². The maximum Gasteiger partial charge on any atom is 0.222 e. The van der Waals surface area contributed by atoms with E-state index < -0.39 is 0 Å². The van der Waals surface area contributed by atoms with Crippen LogP contribution in [-0.2, 0) is 4.79 Å². The summed E-state index contributed by atoms with van der Waals surface area (Å²) in [6, 6.07) is 0.931. The lowest BCUT2D eigenvalue weighted by atomic mass is 9.69. The summed E-state index contributed by atoms with van der Waals surface area (Å²) in [6.45, 7) is 16.3. The summed E-state index contributed by atoms with van der Waals surface area (Å²) in [5.41, 5.74) is 0. The van der Waals surface area contributed by atoms with Crippen molar-refractivity contribution in [1.29, 1.82) is 0 Å². The zero-order chi connectivity index (χ0) is 18.7. The van der Waals surface area contributed by atoms with Crippen LogP contribution in [0.15, 0.2) is 0 Å². The van der Waals surface area contributed by atoms with Gasteiger partial charge in [0.1, 0.15) is 0 Å². The van der Waals surface area contributed by atoms with Crippen LogP contribution in [0.1, 0.15) is 93.4 Å². The molecule has 0 aliphatic heterocycles. The van der Waals surface area contributed by atoms with Crippen molar-refractivity contribution in [2.45, 2.75) is 105 Å². The number of rotatable bonds is 5. The largest absolute Gasteiger partial charge is 0.336 e. The molecule has 2 saturated carbocycles. The van der Waals surface area contributed by atoms with E-state index in [1.807, 2.05) is 0 Å². The summed E-state index contributed by atoms with van der Waals surface area (Å²) >= 11 is 0. The van der Waals surface area contributed by atoms with Crippen molar-refractivity contribution < 1.29 is 4.79 Å². The topological polar surface area (TPSA) is 20.3 Å². The normalized spacial score (nSPS) is 36.7. The monoisotopic (exact) mass is 349 g/mol. The summed E-state index contributed by atoms with van der Waals surface area (Å²) in [5, 5.41) is 0. The van der Waals surface area contributed by atoms with Gasteiger partial charge in [0.25, 0.3) is 0 Å². The maximum atomic E-state index is 13.2. The van der Waals surface area contributed by atoms with E-state index in [0.29, 0.717) is 48.1 Å². The Kier molecular flexibility index (Phi) is 7.40. The van der Waals surface area contributed by atoms with Gasteiger partial charge in [-0.2, -0.15) is 0 Å². The molecule has 1 amide bonds. The van der Waals surface area contributed by atoms with Crippen LogP contribution in [0.25, 0.3) is 0 Å². The van der Waals surface area contributed by atoms with E-state index in [9.17, 15) is 4.79 Å². The van der Waals surface area contributed by atoms with Crippen LogP contribution < -0.4 is 0 Å². The molecule has 25 heavy (non-hydrogen) atoms. The molecule has 2 nitrogen and oxygen atoms in total. The molecular formula is C23H43NO. The number of carbonyl (C=O) groups is 1. The first-order chi connectivity index (χ1) is 11.8. The second kappa shape index (κ2) is 8.91. The molecule has 0 aromatic rings. The number of carbonyl (C=O) groups excluding carboxylic acids is 1. The molecule has 0 radical (unpaired) electrons. The molecule has 0 saturated heterocycles. The third-order valence-corrected chi connectivity index (χ3v) is 7.28. The van der Waals surface area contributed by atoms with E-state index in [1.165, 1.54) is 38.5 Å². The van der Waals surface area contributed by atoms with Gasteiger partial charge < -0.3 is 4.90 Å².